The average molecular weight is 255 g/mol. The van der Waals surface area contributed by atoms with E-state index in [2.05, 4.69) is 10.1 Å². The van der Waals surface area contributed by atoms with Crippen LogP contribution in [0.15, 0.2) is 54.6 Å². The van der Waals surface area contributed by atoms with E-state index < -0.39 is 6.61 Å². The first-order valence-corrected chi connectivity index (χ1v) is 5.73. The van der Waals surface area contributed by atoms with Crippen LogP contribution in [0.1, 0.15) is 0 Å². The van der Waals surface area contributed by atoms with Gasteiger partial charge in [0, 0.05) is 17.4 Å². The average Bonchev–Trinajstić information content (AvgIpc) is 2.46. The van der Waals surface area contributed by atoms with Crippen molar-refractivity contribution in [2.75, 3.05) is 11.9 Å². The number of ether oxygens (including phenoxy) is 1. The van der Waals surface area contributed by atoms with Crippen LogP contribution >= 0.6 is 0 Å². The Hall–Kier alpha value is -2.62. The maximum absolute atomic E-state index is 8.86. The third-order valence-corrected chi connectivity index (χ3v) is 2.38. The van der Waals surface area contributed by atoms with E-state index in [1.165, 1.54) is 0 Å². The standard InChI is InChI=1S/C14H13N3O2/c15-17-14(10-18)19-13-8-4-7-12(9-13)16-11-5-2-1-3-6-11/h1-9,16,18H,10H2. The molecule has 96 valence electrons. The molecule has 0 aromatic heterocycles. The van der Waals surface area contributed by atoms with Gasteiger partial charge in [-0.05, 0) is 24.3 Å². The first-order chi connectivity index (χ1) is 9.31. The molecule has 0 fully saturated rings. The Labute approximate surface area is 110 Å². The van der Waals surface area contributed by atoms with Crippen molar-refractivity contribution < 1.29 is 14.6 Å². The van der Waals surface area contributed by atoms with Gasteiger partial charge in [0.1, 0.15) is 5.75 Å². The number of rotatable bonds is 4. The van der Waals surface area contributed by atoms with E-state index in [4.69, 9.17) is 15.4 Å². The summed E-state index contributed by atoms with van der Waals surface area (Å²) in [6.45, 7) is -0.465. The Morgan fingerprint density at radius 1 is 1.11 bits per heavy atom. The molecule has 0 bridgehead atoms. The van der Waals surface area contributed by atoms with Crippen molar-refractivity contribution in [3.05, 3.63) is 60.1 Å². The van der Waals surface area contributed by atoms with Crippen LogP contribution in [0.25, 0.3) is 5.53 Å². The third-order valence-electron chi connectivity index (χ3n) is 2.38. The molecule has 0 heterocycles. The summed E-state index contributed by atoms with van der Waals surface area (Å²) < 4.78 is 5.20. The summed E-state index contributed by atoms with van der Waals surface area (Å²) in [7, 11) is 0. The maximum Gasteiger partial charge on any atom is 0.480 e. The van der Waals surface area contributed by atoms with Crippen LogP contribution in [-0.2, 0) is 0 Å². The van der Waals surface area contributed by atoms with Gasteiger partial charge in [0.25, 0.3) is 0 Å². The summed E-state index contributed by atoms with van der Waals surface area (Å²) in [5.74, 6) is 0.319. The van der Waals surface area contributed by atoms with E-state index in [1.807, 2.05) is 36.4 Å². The number of benzene rings is 2. The van der Waals surface area contributed by atoms with Gasteiger partial charge in [-0.15, -0.1) is 4.79 Å². The Bertz CT molecular complexity index is 593. The lowest BCUT2D eigenvalue weighted by Gasteiger charge is -2.07. The van der Waals surface area contributed by atoms with E-state index in [9.17, 15) is 0 Å². The number of hydrogen-bond acceptors (Lipinski definition) is 3. The molecule has 0 saturated carbocycles. The van der Waals surface area contributed by atoms with Gasteiger partial charge in [0.05, 0.1) is 0 Å². The molecule has 2 aromatic rings. The molecule has 5 heteroatoms. The van der Waals surface area contributed by atoms with Gasteiger partial charge in [-0.2, -0.15) is 0 Å². The molecule has 0 radical (unpaired) electrons. The summed E-state index contributed by atoms with van der Waals surface area (Å²) in [6, 6.07) is 16.8. The summed E-state index contributed by atoms with van der Waals surface area (Å²) in [5, 5.41) is 12.1. The van der Waals surface area contributed by atoms with Crippen molar-refractivity contribution in [3.8, 4) is 5.75 Å². The van der Waals surface area contributed by atoms with Crippen LogP contribution in [0.2, 0.25) is 0 Å². The Kier molecular flexibility index (Phi) is 4.29. The second-order valence-electron chi connectivity index (χ2n) is 3.77. The van der Waals surface area contributed by atoms with E-state index in [1.54, 1.807) is 18.2 Å². The highest BCUT2D eigenvalue weighted by molar-refractivity contribution is 5.74. The highest BCUT2D eigenvalue weighted by Gasteiger charge is 2.08. The highest BCUT2D eigenvalue weighted by Crippen LogP contribution is 2.21. The van der Waals surface area contributed by atoms with Crippen LogP contribution in [0.4, 0.5) is 11.4 Å². The van der Waals surface area contributed by atoms with Crippen LogP contribution < -0.4 is 10.1 Å². The lowest BCUT2D eigenvalue weighted by atomic mass is 10.2. The number of nitrogens with zero attached hydrogens (tertiary/aromatic N) is 2. The first-order valence-electron chi connectivity index (χ1n) is 5.73. The zero-order valence-electron chi connectivity index (χ0n) is 10.2. The number of para-hydroxylation sites is 1. The van der Waals surface area contributed by atoms with Gasteiger partial charge in [-0.3, -0.25) is 0 Å². The minimum Gasteiger partial charge on any atom is -0.395 e. The molecule has 5 nitrogen and oxygen atoms in total. The van der Waals surface area contributed by atoms with Gasteiger partial charge >= 0.3 is 5.90 Å². The normalized spacial score (nSPS) is 9.53. The van der Waals surface area contributed by atoms with Crippen molar-refractivity contribution in [2.45, 2.75) is 0 Å². The van der Waals surface area contributed by atoms with Gasteiger partial charge in [-0.1, -0.05) is 24.3 Å². The number of aliphatic hydroxyl groups is 1. The Balaban J connectivity index is 2.13. The fraction of sp³-hybridized carbons (Fsp3) is 0.0714. The van der Waals surface area contributed by atoms with Crippen LogP contribution in [0, 0.1) is 0 Å². The molecule has 0 atom stereocenters. The molecular weight excluding hydrogens is 242 g/mol. The third kappa shape index (κ3) is 3.67. The molecule has 0 aliphatic carbocycles. The molecule has 0 spiro atoms. The fourth-order valence-electron chi connectivity index (χ4n) is 1.55. The van der Waals surface area contributed by atoms with E-state index in [-0.39, 0.29) is 5.90 Å². The molecule has 0 saturated heterocycles. The van der Waals surface area contributed by atoms with Crippen molar-refractivity contribution >= 4 is 17.3 Å². The van der Waals surface area contributed by atoms with E-state index >= 15 is 0 Å². The number of anilines is 2. The Morgan fingerprint density at radius 2 is 1.84 bits per heavy atom. The fourth-order valence-corrected chi connectivity index (χ4v) is 1.55. The van der Waals surface area contributed by atoms with Gasteiger partial charge in [0.2, 0.25) is 0 Å². The summed E-state index contributed by atoms with van der Waals surface area (Å²) >= 11 is 0. The largest absolute Gasteiger partial charge is 0.480 e. The number of aliphatic hydroxyl groups excluding tert-OH is 1. The monoisotopic (exact) mass is 255 g/mol. The predicted molar refractivity (Wildman–Crippen MR) is 72.5 cm³/mol. The van der Waals surface area contributed by atoms with Crippen molar-refractivity contribution in [1.82, 2.24) is 0 Å². The lowest BCUT2D eigenvalue weighted by molar-refractivity contribution is -0.0356. The molecule has 2 N–H and O–H groups in total. The summed E-state index contributed by atoms with van der Waals surface area (Å²) in [4.78, 5) is 2.84. The second-order valence-corrected chi connectivity index (χ2v) is 3.77. The smallest absolute Gasteiger partial charge is 0.395 e. The molecule has 19 heavy (non-hydrogen) atoms. The van der Waals surface area contributed by atoms with Crippen molar-refractivity contribution in [3.63, 3.8) is 0 Å². The lowest BCUT2D eigenvalue weighted by Crippen LogP contribution is -2.14. The SMILES string of the molecule is [N-]=[N+]=C(CO)Oc1cccc(Nc2ccccc2)c1. The maximum atomic E-state index is 8.86. The van der Waals surface area contributed by atoms with Crippen LogP contribution in [0.5, 0.6) is 5.75 Å². The Morgan fingerprint density at radius 3 is 2.53 bits per heavy atom. The quantitative estimate of drug-likeness (QED) is 0.381. The van der Waals surface area contributed by atoms with E-state index in [0.717, 1.165) is 11.4 Å². The van der Waals surface area contributed by atoms with Crippen LogP contribution in [0.3, 0.4) is 0 Å². The molecule has 2 aromatic carbocycles. The van der Waals surface area contributed by atoms with Crippen molar-refractivity contribution in [2.24, 2.45) is 0 Å². The van der Waals surface area contributed by atoms with E-state index in [0.29, 0.717) is 5.75 Å². The molecule has 0 amide bonds. The summed E-state index contributed by atoms with van der Waals surface area (Å²) in [5.41, 5.74) is 10.4. The van der Waals surface area contributed by atoms with Crippen molar-refractivity contribution in [1.29, 1.82) is 0 Å². The van der Waals surface area contributed by atoms with Gasteiger partial charge in [0.15, 0.2) is 6.61 Å². The molecular formula is C14H13N3O2. The predicted octanol–water partition coefficient (Wildman–Crippen LogP) is 2.43. The molecule has 0 aliphatic rings. The first kappa shape index (κ1) is 12.8. The summed E-state index contributed by atoms with van der Waals surface area (Å²) in [6.07, 6.45) is 0. The highest BCUT2D eigenvalue weighted by atomic mass is 16.5. The van der Waals surface area contributed by atoms with Gasteiger partial charge < -0.3 is 20.7 Å². The topological polar surface area (TPSA) is 77.9 Å². The zero-order chi connectivity index (χ0) is 13.5. The number of hydrogen-bond donors (Lipinski definition) is 2. The molecule has 0 unspecified atom stereocenters. The van der Waals surface area contributed by atoms with Crippen LogP contribution in [-0.4, -0.2) is 22.4 Å². The molecule has 0 aliphatic heterocycles. The zero-order valence-corrected chi connectivity index (χ0v) is 10.2. The minimum atomic E-state index is -0.465. The minimum absolute atomic E-state index is 0.156. The molecule has 2 rings (SSSR count). The number of nitrogens with one attached hydrogen (secondary N) is 1. The second kappa shape index (κ2) is 6.35. The van der Waals surface area contributed by atoms with Gasteiger partial charge in [-0.25, -0.2) is 0 Å².